The number of carbonyl (C=O) groups is 1. The van der Waals surface area contributed by atoms with Crippen LogP contribution in [0.1, 0.15) is 37.3 Å². The zero-order chi connectivity index (χ0) is 21.7. The number of aromatic nitrogens is 1. The smallest absolute Gasteiger partial charge is 0.302 e. The lowest BCUT2D eigenvalue weighted by Gasteiger charge is -2.06. The summed E-state index contributed by atoms with van der Waals surface area (Å²) in [4.78, 5) is 12.2. The fourth-order valence-corrected chi connectivity index (χ4v) is 3.56. The van der Waals surface area contributed by atoms with Crippen molar-refractivity contribution in [1.82, 2.24) is 4.57 Å². The molecular weight excluding hydrogens is 402 g/mol. The summed E-state index contributed by atoms with van der Waals surface area (Å²) in [5.74, 6) is 0.0509. The van der Waals surface area contributed by atoms with E-state index >= 15 is 0 Å². The number of nitrogens with zero attached hydrogens (tertiary/aromatic N) is 3. The Morgan fingerprint density at radius 2 is 1.97 bits per heavy atom. The maximum atomic E-state index is 12.2. The molecule has 3 rings (SSSR count). The van der Waals surface area contributed by atoms with E-state index in [2.05, 4.69) is 17.2 Å². The minimum atomic E-state index is -0.539. The van der Waals surface area contributed by atoms with Crippen LogP contribution >= 0.6 is 11.6 Å². The zero-order valence-electron chi connectivity index (χ0n) is 17.5. The lowest BCUT2D eigenvalue weighted by Crippen LogP contribution is -2.08. The second kappa shape index (κ2) is 9.76. The standard InChI is InChI=1S/C23H26ClN3O3/c1-4-5-6-11-27-19-9-7-15(2)12-18(19)22(23(27)29)26-25-21(28)14-30-20-10-8-17(24)13-16(20)3/h7-10,12-13,29H,4-6,11,14H2,1-3H3. The fraction of sp³-hybridized carbons (Fsp3) is 0.348. The van der Waals surface area contributed by atoms with Crippen LogP contribution < -0.4 is 4.74 Å². The summed E-state index contributed by atoms with van der Waals surface area (Å²) in [5.41, 5.74) is 3.05. The molecule has 158 valence electrons. The molecule has 1 heterocycles. The van der Waals surface area contributed by atoms with Crippen LogP contribution in [0.4, 0.5) is 5.69 Å². The van der Waals surface area contributed by atoms with Gasteiger partial charge in [-0.2, -0.15) is 0 Å². The number of aryl methyl sites for hydroxylation is 3. The number of rotatable bonds is 8. The van der Waals surface area contributed by atoms with Crippen molar-refractivity contribution in [1.29, 1.82) is 0 Å². The molecule has 2 aromatic carbocycles. The number of fused-ring (bicyclic) bond motifs is 1. The first-order chi connectivity index (χ1) is 14.4. The van der Waals surface area contributed by atoms with Crippen LogP contribution in [0.15, 0.2) is 46.6 Å². The predicted octanol–water partition coefficient (Wildman–Crippen LogP) is 6.50. The molecular formula is C23H26ClN3O3. The van der Waals surface area contributed by atoms with Crippen molar-refractivity contribution in [3.8, 4) is 11.6 Å². The monoisotopic (exact) mass is 427 g/mol. The Bertz CT molecular complexity index is 1090. The second-order valence-electron chi connectivity index (χ2n) is 7.34. The van der Waals surface area contributed by atoms with Crippen LogP contribution in [-0.2, 0) is 11.3 Å². The maximum Gasteiger partial charge on any atom is 0.302 e. The molecule has 1 N–H and O–H groups in total. The minimum Gasteiger partial charge on any atom is -0.493 e. The Labute approximate surface area is 181 Å². The van der Waals surface area contributed by atoms with Gasteiger partial charge in [0, 0.05) is 17.0 Å². The SMILES string of the molecule is CCCCCn1c(O)c(N=NC(=O)COc2ccc(Cl)cc2C)c2cc(C)ccc21. The first-order valence-corrected chi connectivity index (χ1v) is 10.4. The third-order valence-corrected chi connectivity index (χ3v) is 5.14. The van der Waals surface area contributed by atoms with E-state index in [0.717, 1.165) is 41.3 Å². The normalized spacial score (nSPS) is 11.5. The highest BCUT2D eigenvalue weighted by Gasteiger charge is 2.17. The highest BCUT2D eigenvalue weighted by Crippen LogP contribution is 2.39. The lowest BCUT2D eigenvalue weighted by atomic mass is 10.1. The fourth-order valence-electron chi connectivity index (χ4n) is 3.33. The highest BCUT2D eigenvalue weighted by atomic mass is 35.5. The number of benzene rings is 2. The molecule has 0 aliphatic heterocycles. The van der Waals surface area contributed by atoms with E-state index in [1.54, 1.807) is 18.2 Å². The van der Waals surface area contributed by atoms with Gasteiger partial charge in [0.1, 0.15) is 5.75 Å². The van der Waals surface area contributed by atoms with Crippen molar-refractivity contribution >= 4 is 34.1 Å². The quantitative estimate of drug-likeness (QED) is 0.329. The van der Waals surface area contributed by atoms with Gasteiger partial charge in [0.15, 0.2) is 12.3 Å². The molecule has 0 aliphatic rings. The van der Waals surface area contributed by atoms with Crippen LogP contribution in [0.3, 0.4) is 0 Å². The van der Waals surface area contributed by atoms with Crippen molar-refractivity contribution < 1.29 is 14.6 Å². The van der Waals surface area contributed by atoms with Crippen molar-refractivity contribution in [2.75, 3.05) is 6.61 Å². The van der Waals surface area contributed by atoms with Gasteiger partial charge in [-0.25, -0.2) is 0 Å². The topological polar surface area (TPSA) is 76.2 Å². The number of unbranched alkanes of at least 4 members (excludes halogenated alkanes) is 2. The van der Waals surface area contributed by atoms with Crippen molar-refractivity contribution in [2.24, 2.45) is 10.2 Å². The molecule has 0 spiro atoms. The molecule has 0 bridgehead atoms. The van der Waals surface area contributed by atoms with Gasteiger partial charge in [0.25, 0.3) is 0 Å². The Hall–Kier alpha value is -2.86. The average Bonchev–Trinajstić information content (AvgIpc) is 2.96. The van der Waals surface area contributed by atoms with Gasteiger partial charge in [-0.15, -0.1) is 10.2 Å². The molecule has 1 aromatic heterocycles. The van der Waals surface area contributed by atoms with E-state index < -0.39 is 5.91 Å². The van der Waals surface area contributed by atoms with E-state index in [1.165, 1.54) is 0 Å². The molecule has 0 saturated heterocycles. The molecule has 0 fully saturated rings. The number of hydrogen-bond donors (Lipinski definition) is 1. The minimum absolute atomic E-state index is 0.0257. The molecule has 3 aromatic rings. The Balaban J connectivity index is 1.79. The van der Waals surface area contributed by atoms with E-state index in [4.69, 9.17) is 16.3 Å². The summed E-state index contributed by atoms with van der Waals surface area (Å²) in [6.45, 7) is 6.39. The summed E-state index contributed by atoms with van der Waals surface area (Å²) in [6.07, 6.45) is 3.11. The Morgan fingerprint density at radius 3 is 2.70 bits per heavy atom. The van der Waals surface area contributed by atoms with Crippen LogP contribution in [0.25, 0.3) is 10.9 Å². The number of hydrogen-bond acceptors (Lipinski definition) is 4. The van der Waals surface area contributed by atoms with Crippen LogP contribution in [0.2, 0.25) is 5.02 Å². The van der Waals surface area contributed by atoms with Crippen LogP contribution in [0, 0.1) is 13.8 Å². The lowest BCUT2D eigenvalue weighted by molar-refractivity contribution is -0.120. The van der Waals surface area contributed by atoms with E-state index in [1.807, 2.05) is 36.6 Å². The van der Waals surface area contributed by atoms with Crippen molar-refractivity contribution in [3.63, 3.8) is 0 Å². The van der Waals surface area contributed by atoms with Gasteiger partial charge in [0.2, 0.25) is 5.88 Å². The zero-order valence-corrected chi connectivity index (χ0v) is 18.2. The number of ether oxygens (including phenoxy) is 1. The highest BCUT2D eigenvalue weighted by molar-refractivity contribution is 6.30. The number of azo groups is 1. The number of carbonyl (C=O) groups excluding carboxylic acids is 1. The molecule has 6 nitrogen and oxygen atoms in total. The summed E-state index contributed by atoms with van der Waals surface area (Å²) in [6, 6.07) is 11.1. The van der Waals surface area contributed by atoms with Gasteiger partial charge < -0.3 is 14.4 Å². The molecule has 1 amide bonds. The Morgan fingerprint density at radius 1 is 1.17 bits per heavy atom. The van der Waals surface area contributed by atoms with E-state index in [9.17, 15) is 9.90 Å². The molecule has 0 aliphatic carbocycles. The second-order valence-corrected chi connectivity index (χ2v) is 7.78. The van der Waals surface area contributed by atoms with Gasteiger partial charge in [0.05, 0.1) is 5.52 Å². The molecule has 0 radical (unpaired) electrons. The number of aromatic hydroxyl groups is 1. The molecule has 0 unspecified atom stereocenters. The van der Waals surface area contributed by atoms with Crippen molar-refractivity contribution in [2.45, 2.75) is 46.6 Å². The van der Waals surface area contributed by atoms with E-state index in [-0.39, 0.29) is 12.5 Å². The molecule has 0 atom stereocenters. The van der Waals surface area contributed by atoms with E-state index in [0.29, 0.717) is 23.0 Å². The van der Waals surface area contributed by atoms with Crippen molar-refractivity contribution in [3.05, 3.63) is 52.5 Å². The molecule has 7 heteroatoms. The summed E-state index contributed by atoms with van der Waals surface area (Å²) < 4.78 is 7.35. The first kappa shape index (κ1) is 21.8. The van der Waals surface area contributed by atoms with Gasteiger partial charge >= 0.3 is 5.91 Å². The third kappa shape index (κ3) is 5.00. The maximum absolute atomic E-state index is 12.2. The van der Waals surface area contributed by atoms with Crippen LogP contribution in [0.5, 0.6) is 11.6 Å². The molecule has 0 saturated carbocycles. The molecule has 30 heavy (non-hydrogen) atoms. The first-order valence-electron chi connectivity index (χ1n) is 10.1. The summed E-state index contributed by atoms with van der Waals surface area (Å²) in [7, 11) is 0. The van der Waals surface area contributed by atoms with Gasteiger partial charge in [-0.3, -0.25) is 4.79 Å². The summed E-state index contributed by atoms with van der Waals surface area (Å²) in [5, 5.41) is 20.0. The largest absolute Gasteiger partial charge is 0.493 e. The number of amides is 1. The van der Waals surface area contributed by atoms with Gasteiger partial charge in [-0.05, 0) is 56.2 Å². The summed E-state index contributed by atoms with van der Waals surface area (Å²) >= 11 is 5.93. The number of halogens is 1. The third-order valence-electron chi connectivity index (χ3n) is 4.90. The predicted molar refractivity (Wildman–Crippen MR) is 119 cm³/mol. The Kier molecular flexibility index (Phi) is 7.11. The average molecular weight is 428 g/mol. The van der Waals surface area contributed by atoms with Gasteiger partial charge in [-0.1, -0.05) is 43.0 Å². The van der Waals surface area contributed by atoms with Crippen LogP contribution in [-0.4, -0.2) is 22.2 Å².